The lowest BCUT2D eigenvalue weighted by Crippen LogP contribution is -2.54. The molecule has 0 aromatic heterocycles. The number of hydrogen-bond donors (Lipinski definition) is 2. The maximum Gasteiger partial charge on any atom is 0.323 e. The van der Waals surface area contributed by atoms with Crippen LogP contribution in [0.1, 0.15) is 40.5 Å². The van der Waals surface area contributed by atoms with Gasteiger partial charge in [0.15, 0.2) is 0 Å². The molecular formula is C12H22N2O3. The summed E-state index contributed by atoms with van der Waals surface area (Å²) in [5.74, 6) is -0.431. The van der Waals surface area contributed by atoms with Crippen LogP contribution in [-0.4, -0.2) is 40.1 Å². The monoisotopic (exact) mass is 242 g/mol. The van der Waals surface area contributed by atoms with E-state index in [0.29, 0.717) is 5.92 Å². The first-order valence-corrected chi connectivity index (χ1v) is 6.01. The molecule has 0 aromatic carbocycles. The highest BCUT2D eigenvalue weighted by Gasteiger charge is 2.33. The number of aliphatic carboxylic acids is 1. The maximum absolute atomic E-state index is 12.0. The lowest BCUT2D eigenvalue weighted by Gasteiger charge is -2.35. The molecule has 5 heteroatoms. The molecule has 1 unspecified atom stereocenters. The number of hydrogen-bond acceptors (Lipinski definition) is 2. The van der Waals surface area contributed by atoms with E-state index in [-0.39, 0.29) is 18.6 Å². The van der Waals surface area contributed by atoms with Gasteiger partial charge >= 0.3 is 12.0 Å². The van der Waals surface area contributed by atoms with Gasteiger partial charge in [-0.25, -0.2) is 4.79 Å². The molecule has 0 radical (unpaired) electrons. The third-order valence-corrected chi connectivity index (χ3v) is 3.03. The van der Waals surface area contributed by atoms with Crippen LogP contribution in [0.2, 0.25) is 0 Å². The topological polar surface area (TPSA) is 69.6 Å². The minimum atomic E-state index is -0.992. The second-order valence-electron chi connectivity index (χ2n) is 5.73. The maximum atomic E-state index is 12.0. The highest BCUT2D eigenvalue weighted by molar-refractivity contribution is 5.81. The van der Waals surface area contributed by atoms with Crippen molar-refractivity contribution >= 4 is 12.0 Å². The Hall–Kier alpha value is -1.26. The number of urea groups is 1. The van der Waals surface area contributed by atoms with Crippen LogP contribution in [0.25, 0.3) is 0 Å². The summed E-state index contributed by atoms with van der Waals surface area (Å²) in [6.07, 6.45) is 2.30. The van der Waals surface area contributed by atoms with E-state index in [4.69, 9.17) is 5.11 Å². The molecule has 0 saturated heterocycles. The predicted octanol–water partition coefficient (Wildman–Crippen LogP) is 1.68. The lowest BCUT2D eigenvalue weighted by atomic mass is 10.1. The summed E-state index contributed by atoms with van der Waals surface area (Å²) in [5, 5.41) is 11.7. The number of nitrogens with zero attached hydrogens (tertiary/aromatic N) is 1. The fraction of sp³-hybridized carbons (Fsp3) is 0.833. The van der Waals surface area contributed by atoms with Crippen molar-refractivity contribution in [2.45, 2.75) is 52.1 Å². The van der Waals surface area contributed by atoms with Crippen LogP contribution >= 0.6 is 0 Å². The molecule has 2 N–H and O–H groups in total. The second-order valence-corrected chi connectivity index (χ2v) is 5.73. The third kappa shape index (κ3) is 4.24. The number of amides is 2. The van der Waals surface area contributed by atoms with E-state index in [9.17, 15) is 9.59 Å². The number of carboxylic acid groups (broad SMARTS) is 1. The first-order valence-electron chi connectivity index (χ1n) is 6.01. The van der Waals surface area contributed by atoms with Crippen LogP contribution in [-0.2, 0) is 4.79 Å². The Balaban J connectivity index is 2.61. The summed E-state index contributed by atoms with van der Waals surface area (Å²) >= 11 is 0. The van der Waals surface area contributed by atoms with E-state index >= 15 is 0 Å². The SMILES string of the molecule is CC(NC(=O)N(CC(=O)O)C(C)(C)C)C1CC1. The standard InChI is InChI=1S/C12H22N2O3/c1-8(9-5-6-9)13-11(17)14(7-10(15)16)12(2,3)4/h8-9H,5-7H2,1-4H3,(H,13,17)(H,15,16). The summed E-state index contributed by atoms with van der Waals surface area (Å²) < 4.78 is 0. The Morgan fingerprint density at radius 3 is 2.29 bits per heavy atom. The first kappa shape index (κ1) is 13.8. The fourth-order valence-electron chi connectivity index (χ4n) is 1.74. The van der Waals surface area contributed by atoms with Crippen LogP contribution < -0.4 is 5.32 Å². The molecule has 1 aliphatic rings. The van der Waals surface area contributed by atoms with Gasteiger partial charge in [-0.3, -0.25) is 4.79 Å². The highest BCUT2D eigenvalue weighted by Crippen LogP contribution is 2.32. The van der Waals surface area contributed by atoms with E-state index in [1.54, 1.807) is 0 Å². The Labute approximate surface area is 102 Å². The van der Waals surface area contributed by atoms with Gasteiger partial charge in [0.25, 0.3) is 0 Å². The lowest BCUT2D eigenvalue weighted by molar-refractivity contribution is -0.138. The molecule has 1 saturated carbocycles. The van der Waals surface area contributed by atoms with Crippen LogP contribution in [0.5, 0.6) is 0 Å². The summed E-state index contributed by atoms with van der Waals surface area (Å²) in [7, 11) is 0. The molecule has 0 bridgehead atoms. The third-order valence-electron chi connectivity index (χ3n) is 3.03. The summed E-state index contributed by atoms with van der Waals surface area (Å²) in [4.78, 5) is 24.1. The number of carbonyl (C=O) groups is 2. The zero-order valence-electron chi connectivity index (χ0n) is 11.0. The van der Waals surface area contributed by atoms with Gasteiger partial charge in [0.1, 0.15) is 6.54 Å². The molecule has 98 valence electrons. The molecule has 0 aromatic rings. The molecule has 2 amide bonds. The highest BCUT2D eigenvalue weighted by atomic mass is 16.4. The van der Waals surface area contributed by atoms with Crippen LogP contribution in [0.4, 0.5) is 4.79 Å². The molecule has 0 heterocycles. The first-order chi connectivity index (χ1) is 7.71. The van der Waals surface area contributed by atoms with Crippen molar-refractivity contribution in [1.82, 2.24) is 10.2 Å². The molecule has 1 aliphatic carbocycles. The van der Waals surface area contributed by atoms with Crippen LogP contribution in [0.3, 0.4) is 0 Å². The zero-order valence-corrected chi connectivity index (χ0v) is 11.0. The molecule has 1 fully saturated rings. The fourth-order valence-corrected chi connectivity index (χ4v) is 1.74. The molecule has 1 rings (SSSR count). The van der Waals surface area contributed by atoms with Crippen molar-refractivity contribution < 1.29 is 14.7 Å². The van der Waals surface area contributed by atoms with Crippen molar-refractivity contribution in [2.75, 3.05) is 6.54 Å². The Morgan fingerprint density at radius 2 is 1.94 bits per heavy atom. The molecule has 5 nitrogen and oxygen atoms in total. The number of nitrogens with one attached hydrogen (secondary N) is 1. The van der Waals surface area contributed by atoms with Gasteiger partial charge in [0, 0.05) is 11.6 Å². The normalized spacial score (nSPS) is 17.4. The van der Waals surface area contributed by atoms with Crippen molar-refractivity contribution in [3.8, 4) is 0 Å². The molecule has 17 heavy (non-hydrogen) atoms. The van der Waals surface area contributed by atoms with E-state index in [2.05, 4.69) is 5.32 Å². The predicted molar refractivity (Wildman–Crippen MR) is 64.8 cm³/mol. The van der Waals surface area contributed by atoms with Gasteiger partial charge in [0.05, 0.1) is 0 Å². The number of carbonyl (C=O) groups excluding carboxylic acids is 1. The van der Waals surface area contributed by atoms with Gasteiger partial charge in [-0.05, 0) is 46.5 Å². The number of carboxylic acids is 1. The Morgan fingerprint density at radius 1 is 1.41 bits per heavy atom. The van der Waals surface area contributed by atoms with E-state index in [1.165, 1.54) is 4.90 Å². The summed E-state index contributed by atoms with van der Waals surface area (Å²) in [5.41, 5.74) is -0.494. The Bertz CT molecular complexity index is 305. The van der Waals surface area contributed by atoms with Crippen LogP contribution in [0.15, 0.2) is 0 Å². The van der Waals surface area contributed by atoms with Crippen molar-refractivity contribution in [1.29, 1.82) is 0 Å². The molecule has 0 spiro atoms. The minimum Gasteiger partial charge on any atom is -0.480 e. The van der Waals surface area contributed by atoms with Gasteiger partial charge in [-0.2, -0.15) is 0 Å². The van der Waals surface area contributed by atoms with Gasteiger partial charge in [-0.1, -0.05) is 0 Å². The van der Waals surface area contributed by atoms with E-state index in [0.717, 1.165) is 12.8 Å². The molecular weight excluding hydrogens is 220 g/mol. The summed E-state index contributed by atoms with van der Waals surface area (Å²) in [6, 6.07) is -0.166. The smallest absolute Gasteiger partial charge is 0.323 e. The van der Waals surface area contributed by atoms with E-state index in [1.807, 2.05) is 27.7 Å². The molecule has 1 atom stereocenters. The van der Waals surface area contributed by atoms with Crippen molar-refractivity contribution in [2.24, 2.45) is 5.92 Å². The average Bonchev–Trinajstić information content (AvgIpc) is 2.94. The van der Waals surface area contributed by atoms with Gasteiger partial charge in [-0.15, -0.1) is 0 Å². The molecule has 0 aliphatic heterocycles. The quantitative estimate of drug-likeness (QED) is 0.788. The summed E-state index contributed by atoms with van der Waals surface area (Å²) in [6.45, 7) is 7.19. The van der Waals surface area contributed by atoms with Crippen molar-refractivity contribution in [3.63, 3.8) is 0 Å². The van der Waals surface area contributed by atoms with Crippen molar-refractivity contribution in [3.05, 3.63) is 0 Å². The minimum absolute atomic E-state index is 0.126. The Kier molecular flexibility index (Phi) is 4.01. The van der Waals surface area contributed by atoms with Gasteiger partial charge < -0.3 is 15.3 Å². The average molecular weight is 242 g/mol. The van der Waals surface area contributed by atoms with Crippen LogP contribution in [0, 0.1) is 5.92 Å². The zero-order chi connectivity index (χ0) is 13.2. The largest absolute Gasteiger partial charge is 0.480 e. The van der Waals surface area contributed by atoms with E-state index < -0.39 is 11.5 Å². The second kappa shape index (κ2) is 4.94. The van der Waals surface area contributed by atoms with Gasteiger partial charge in [0.2, 0.25) is 0 Å². The number of rotatable bonds is 4.